The Hall–Kier alpha value is -0.460. The first kappa shape index (κ1) is 22.6. The molecule has 0 radical (unpaired) electrons. The van der Waals surface area contributed by atoms with Crippen molar-refractivity contribution in [3.63, 3.8) is 0 Å². The summed E-state index contributed by atoms with van der Waals surface area (Å²) in [6.45, 7) is 4.02. The smallest absolute Gasteiger partial charge is 0.191 e. The van der Waals surface area contributed by atoms with Crippen LogP contribution in [0.25, 0.3) is 0 Å². The average Bonchev–Trinajstić information content (AvgIpc) is 2.96. The third kappa shape index (κ3) is 6.33. The fourth-order valence-corrected chi connectivity index (χ4v) is 4.72. The molecule has 0 saturated carbocycles. The highest BCUT2D eigenvalue weighted by molar-refractivity contribution is 14.0. The second kappa shape index (κ2) is 10.0. The monoisotopic (exact) mass is 502 g/mol. The summed E-state index contributed by atoms with van der Waals surface area (Å²) >= 11 is 1.68. The summed E-state index contributed by atoms with van der Waals surface area (Å²) < 4.78 is 29.0. The van der Waals surface area contributed by atoms with E-state index in [2.05, 4.69) is 20.6 Å². The summed E-state index contributed by atoms with van der Waals surface area (Å²) in [4.78, 5) is 9.70. The SMILES string of the molecule is CN=C(NCCc1ncc(C)s1)NCC1(S(C)(=O)=O)CCOCC1.I. The highest BCUT2D eigenvalue weighted by Gasteiger charge is 2.42. The number of aromatic nitrogens is 1. The van der Waals surface area contributed by atoms with Gasteiger partial charge in [0, 0.05) is 57.1 Å². The number of sulfone groups is 1. The number of nitrogens with zero attached hydrogens (tertiary/aromatic N) is 2. The van der Waals surface area contributed by atoms with Gasteiger partial charge in [-0.05, 0) is 19.8 Å². The highest BCUT2D eigenvalue weighted by Crippen LogP contribution is 2.28. The molecule has 1 aromatic rings. The summed E-state index contributed by atoms with van der Waals surface area (Å²) in [7, 11) is -1.51. The van der Waals surface area contributed by atoms with E-state index < -0.39 is 14.6 Å². The Morgan fingerprint density at radius 3 is 2.60 bits per heavy atom. The number of aliphatic imine (C=N–C) groups is 1. The van der Waals surface area contributed by atoms with Gasteiger partial charge in [0.2, 0.25) is 0 Å². The number of thiazole rings is 1. The number of aryl methyl sites for hydroxylation is 1. The fourth-order valence-electron chi connectivity index (χ4n) is 2.69. The molecule has 10 heteroatoms. The summed E-state index contributed by atoms with van der Waals surface area (Å²) in [6.07, 6.45) is 5.00. The molecule has 2 rings (SSSR count). The van der Waals surface area contributed by atoms with Gasteiger partial charge >= 0.3 is 0 Å². The van der Waals surface area contributed by atoms with E-state index in [0.29, 0.717) is 45.1 Å². The van der Waals surface area contributed by atoms with E-state index >= 15 is 0 Å². The van der Waals surface area contributed by atoms with Gasteiger partial charge in [0.25, 0.3) is 0 Å². The van der Waals surface area contributed by atoms with Gasteiger partial charge in [-0.25, -0.2) is 13.4 Å². The van der Waals surface area contributed by atoms with Gasteiger partial charge in [-0.2, -0.15) is 0 Å². The number of halogens is 1. The molecule has 7 nitrogen and oxygen atoms in total. The minimum Gasteiger partial charge on any atom is -0.381 e. The maximum absolute atomic E-state index is 12.2. The van der Waals surface area contributed by atoms with Gasteiger partial charge in [-0.15, -0.1) is 35.3 Å². The van der Waals surface area contributed by atoms with Gasteiger partial charge in [-0.1, -0.05) is 0 Å². The Bertz CT molecular complexity index is 670. The molecular formula is C15H27IN4O3S2. The van der Waals surface area contributed by atoms with Crippen LogP contribution in [0.3, 0.4) is 0 Å². The topological polar surface area (TPSA) is 92.7 Å². The molecule has 2 N–H and O–H groups in total. The van der Waals surface area contributed by atoms with Crippen molar-refractivity contribution >= 4 is 51.1 Å². The van der Waals surface area contributed by atoms with E-state index in [1.165, 1.54) is 11.1 Å². The van der Waals surface area contributed by atoms with Crippen LogP contribution < -0.4 is 10.6 Å². The van der Waals surface area contributed by atoms with Crippen molar-refractivity contribution in [1.82, 2.24) is 15.6 Å². The van der Waals surface area contributed by atoms with Crippen LogP contribution >= 0.6 is 35.3 Å². The maximum atomic E-state index is 12.2. The van der Waals surface area contributed by atoms with Crippen LogP contribution in [-0.4, -0.2) is 63.7 Å². The first-order valence-corrected chi connectivity index (χ1v) is 10.7. The summed E-state index contributed by atoms with van der Waals surface area (Å²) in [5.74, 6) is 0.609. The van der Waals surface area contributed by atoms with Gasteiger partial charge in [-0.3, -0.25) is 4.99 Å². The van der Waals surface area contributed by atoms with Gasteiger partial charge < -0.3 is 15.4 Å². The number of rotatable bonds is 6. The van der Waals surface area contributed by atoms with Crippen LogP contribution in [0.5, 0.6) is 0 Å². The van der Waals surface area contributed by atoms with E-state index in [1.54, 1.807) is 18.4 Å². The summed E-state index contributed by atoms with van der Waals surface area (Å²) in [5, 5.41) is 7.46. The van der Waals surface area contributed by atoms with Crippen molar-refractivity contribution < 1.29 is 13.2 Å². The molecule has 144 valence electrons. The maximum Gasteiger partial charge on any atom is 0.191 e. The Balaban J connectivity index is 0.00000312. The van der Waals surface area contributed by atoms with Crippen LogP contribution in [0.1, 0.15) is 22.7 Å². The summed E-state index contributed by atoms with van der Waals surface area (Å²) in [6, 6.07) is 0. The molecule has 1 saturated heterocycles. The number of guanidine groups is 1. The molecule has 1 aliphatic heterocycles. The molecule has 0 unspecified atom stereocenters. The number of nitrogens with one attached hydrogen (secondary N) is 2. The van der Waals surface area contributed by atoms with Crippen LogP contribution in [0.15, 0.2) is 11.2 Å². The molecule has 0 bridgehead atoms. The molecule has 2 heterocycles. The number of ether oxygens (including phenoxy) is 1. The predicted octanol–water partition coefficient (Wildman–Crippen LogP) is 1.37. The van der Waals surface area contributed by atoms with Crippen molar-refractivity contribution in [2.24, 2.45) is 4.99 Å². The van der Waals surface area contributed by atoms with Gasteiger partial charge in [0.15, 0.2) is 15.8 Å². The van der Waals surface area contributed by atoms with Crippen LogP contribution in [0, 0.1) is 6.92 Å². The lowest BCUT2D eigenvalue weighted by Crippen LogP contribution is -2.53. The zero-order valence-corrected chi connectivity index (χ0v) is 18.8. The molecule has 1 fully saturated rings. The average molecular weight is 502 g/mol. The highest BCUT2D eigenvalue weighted by atomic mass is 127. The first-order valence-electron chi connectivity index (χ1n) is 7.99. The van der Waals surface area contributed by atoms with E-state index in [4.69, 9.17) is 4.74 Å². The Labute approximate surface area is 171 Å². The standard InChI is InChI=1S/C15H26N4O3S2.HI/c1-12-10-18-13(23-12)4-7-17-14(16-2)19-11-15(24(3,20)21)5-8-22-9-6-15;/h10H,4-9,11H2,1-3H3,(H2,16,17,19);1H. The molecule has 1 aliphatic rings. The first-order chi connectivity index (χ1) is 11.4. The second-order valence-electron chi connectivity index (χ2n) is 6.03. The Kier molecular flexibility index (Phi) is 9.05. The van der Waals surface area contributed by atoms with E-state index in [-0.39, 0.29) is 24.0 Å². The lowest BCUT2D eigenvalue weighted by Gasteiger charge is -2.35. The molecule has 0 atom stereocenters. The Morgan fingerprint density at radius 2 is 2.08 bits per heavy atom. The third-order valence-electron chi connectivity index (χ3n) is 4.29. The molecule has 25 heavy (non-hydrogen) atoms. The molecule has 1 aromatic heterocycles. The largest absolute Gasteiger partial charge is 0.381 e. The van der Waals surface area contributed by atoms with Crippen LogP contribution in [-0.2, 0) is 21.0 Å². The van der Waals surface area contributed by atoms with Crippen molar-refractivity contribution in [2.75, 3.05) is 39.6 Å². The van der Waals surface area contributed by atoms with Gasteiger partial charge in [0.1, 0.15) is 0 Å². The normalized spacial score (nSPS) is 17.6. The number of hydrogen-bond donors (Lipinski definition) is 2. The molecule has 0 aromatic carbocycles. The second-order valence-corrected chi connectivity index (χ2v) is 9.76. The molecule has 0 spiro atoms. The van der Waals surface area contributed by atoms with Crippen LogP contribution in [0.4, 0.5) is 0 Å². The minimum atomic E-state index is -3.19. The van der Waals surface area contributed by atoms with Crippen molar-refractivity contribution in [3.05, 3.63) is 16.1 Å². The summed E-state index contributed by atoms with van der Waals surface area (Å²) in [5.41, 5.74) is 0. The molecule has 0 amide bonds. The lowest BCUT2D eigenvalue weighted by atomic mass is 9.99. The van der Waals surface area contributed by atoms with Crippen molar-refractivity contribution in [1.29, 1.82) is 0 Å². The Morgan fingerprint density at radius 1 is 1.40 bits per heavy atom. The van der Waals surface area contributed by atoms with Crippen molar-refractivity contribution in [2.45, 2.75) is 30.9 Å². The van der Waals surface area contributed by atoms with Crippen LogP contribution in [0.2, 0.25) is 0 Å². The third-order valence-corrected chi connectivity index (χ3v) is 7.39. The quantitative estimate of drug-likeness (QED) is 0.347. The predicted molar refractivity (Wildman–Crippen MR) is 113 cm³/mol. The van der Waals surface area contributed by atoms with E-state index in [1.807, 2.05) is 13.1 Å². The zero-order valence-electron chi connectivity index (χ0n) is 14.9. The minimum absolute atomic E-state index is 0. The lowest BCUT2D eigenvalue weighted by molar-refractivity contribution is 0.0756. The van der Waals surface area contributed by atoms with Gasteiger partial charge in [0.05, 0.1) is 9.75 Å². The fraction of sp³-hybridized carbons (Fsp3) is 0.733. The molecular weight excluding hydrogens is 475 g/mol. The van der Waals surface area contributed by atoms with E-state index in [9.17, 15) is 8.42 Å². The van der Waals surface area contributed by atoms with E-state index in [0.717, 1.165) is 11.4 Å². The molecule has 0 aliphatic carbocycles. The zero-order chi connectivity index (χ0) is 17.6. The number of hydrogen-bond acceptors (Lipinski definition) is 6. The van der Waals surface area contributed by atoms with Crippen molar-refractivity contribution in [3.8, 4) is 0 Å².